The second kappa shape index (κ2) is 8.97. The number of aromatic nitrogens is 2. The molecule has 2 aromatic carbocycles. The molecule has 0 unspecified atom stereocenters. The fourth-order valence-corrected chi connectivity index (χ4v) is 2.56. The van der Waals surface area contributed by atoms with Crippen molar-refractivity contribution >= 4 is 23.3 Å². The maximum atomic E-state index is 12.3. The van der Waals surface area contributed by atoms with Crippen LogP contribution in [0.1, 0.15) is 21.6 Å². The van der Waals surface area contributed by atoms with Gasteiger partial charge in [-0.3, -0.25) is 4.79 Å². The summed E-state index contributed by atoms with van der Waals surface area (Å²) in [6.07, 6.45) is 2.27. The lowest BCUT2D eigenvalue weighted by Gasteiger charge is -2.08. The van der Waals surface area contributed by atoms with Crippen LogP contribution in [0.5, 0.6) is 0 Å². The van der Waals surface area contributed by atoms with Crippen LogP contribution in [0.4, 0.5) is 5.82 Å². The molecular formula is C20H19ClN4O. The normalized spacial score (nSPS) is 10.3. The minimum absolute atomic E-state index is 0.242. The molecule has 0 aliphatic heterocycles. The van der Waals surface area contributed by atoms with E-state index in [0.717, 1.165) is 18.5 Å². The zero-order valence-corrected chi connectivity index (χ0v) is 14.9. The van der Waals surface area contributed by atoms with Crippen LogP contribution in [-0.2, 0) is 13.0 Å². The number of rotatable bonds is 7. The molecule has 1 heterocycles. The molecule has 0 saturated heterocycles. The van der Waals surface area contributed by atoms with Crippen molar-refractivity contribution in [3.8, 4) is 0 Å². The van der Waals surface area contributed by atoms with Crippen LogP contribution in [-0.4, -0.2) is 22.4 Å². The fourth-order valence-electron chi connectivity index (χ4n) is 2.43. The van der Waals surface area contributed by atoms with Gasteiger partial charge in [0.2, 0.25) is 0 Å². The molecule has 1 amide bonds. The van der Waals surface area contributed by atoms with E-state index in [9.17, 15) is 4.79 Å². The number of anilines is 1. The molecule has 0 radical (unpaired) electrons. The summed E-state index contributed by atoms with van der Waals surface area (Å²) in [7, 11) is 0. The molecule has 0 saturated carbocycles. The molecule has 0 aliphatic rings. The van der Waals surface area contributed by atoms with Crippen molar-refractivity contribution in [3.05, 3.63) is 88.8 Å². The van der Waals surface area contributed by atoms with Crippen LogP contribution in [0.3, 0.4) is 0 Å². The molecule has 2 N–H and O–H groups in total. The van der Waals surface area contributed by atoms with Gasteiger partial charge in [0, 0.05) is 24.2 Å². The van der Waals surface area contributed by atoms with E-state index >= 15 is 0 Å². The van der Waals surface area contributed by atoms with E-state index in [4.69, 9.17) is 11.6 Å². The van der Waals surface area contributed by atoms with Crippen molar-refractivity contribution in [3.63, 3.8) is 0 Å². The van der Waals surface area contributed by atoms with Gasteiger partial charge in [0.1, 0.15) is 17.8 Å². The van der Waals surface area contributed by atoms with Gasteiger partial charge in [-0.2, -0.15) is 0 Å². The molecule has 0 aliphatic carbocycles. The van der Waals surface area contributed by atoms with E-state index in [0.29, 0.717) is 23.1 Å². The highest BCUT2D eigenvalue weighted by Crippen LogP contribution is 2.10. The predicted octanol–water partition coefficient (Wildman–Crippen LogP) is 3.71. The minimum atomic E-state index is -0.242. The molecule has 0 fully saturated rings. The second-order valence-corrected chi connectivity index (χ2v) is 6.20. The zero-order valence-electron chi connectivity index (χ0n) is 14.2. The van der Waals surface area contributed by atoms with E-state index in [-0.39, 0.29) is 5.91 Å². The third-order valence-electron chi connectivity index (χ3n) is 3.83. The first-order chi connectivity index (χ1) is 12.7. The van der Waals surface area contributed by atoms with E-state index in [2.05, 4.69) is 32.7 Å². The van der Waals surface area contributed by atoms with Crippen LogP contribution in [0.25, 0.3) is 0 Å². The molecule has 0 bridgehead atoms. The van der Waals surface area contributed by atoms with Crippen molar-refractivity contribution in [2.45, 2.75) is 13.0 Å². The standard InChI is InChI=1S/C20H19ClN4O/c21-17-8-6-16(7-9-17)13-23-20(26)18-12-19(25-14-24-18)22-11-10-15-4-2-1-3-5-15/h1-9,12,14H,10-11,13H2,(H,23,26)(H,22,24,25). The Morgan fingerprint density at radius 3 is 2.50 bits per heavy atom. The first kappa shape index (κ1) is 17.9. The number of halogens is 1. The highest BCUT2D eigenvalue weighted by atomic mass is 35.5. The van der Waals surface area contributed by atoms with Crippen molar-refractivity contribution in [2.75, 3.05) is 11.9 Å². The fraction of sp³-hybridized carbons (Fsp3) is 0.150. The summed E-state index contributed by atoms with van der Waals surface area (Å²) in [6.45, 7) is 1.14. The van der Waals surface area contributed by atoms with E-state index in [1.54, 1.807) is 18.2 Å². The summed E-state index contributed by atoms with van der Waals surface area (Å²) >= 11 is 5.86. The highest BCUT2D eigenvalue weighted by Gasteiger charge is 2.08. The van der Waals surface area contributed by atoms with Crippen LogP contribution in [0, 0.1) is 0 Å². The topological polar surface area (TPSA) is 66.9 Å². The van der Waals surface area contributed by atoms with Crippen LogP contribution in [0.15, 0.2) is 67.0 Å². The molecule has 0 atom stereocenters. The first-order valence-corrected chi connectivity index (χ1v) is 8.71. The summed E-state index contributed by atoms with van der Waals surface area (Å²) in [5.41, 5.74) is 2.55. The van der Waals surface area contributed by atoms with Crippen LogP contribution >= 0.6 is 11.6 Å². The van der Waals surface area contributed by atoms with Gasteiger partial charge in [-0.25, -0.2) is 9.97 Å². The molecule has 3 aromatic rings. The lowest BCUT2D eigenvalue weighted by molar-refractivity contribution is 0.0946. The number of hydrogen-bond donors (Lipinski definition) is 2. The summed E-state index contributed by atoms with van der Waals surface area (Å²) in [4.78, 5) is 20.5. The van der Waals surface area contributed by atoms with Gasteiger partial charge in [-0.15, -0.1) is 0 Å². The number of nitrogens with one attached hydrogen (secondary N) is 2. The Hall–Kier alpha value is -2.92. The second-order valence-electron chi connectivity index (χ2n) is 5.76. The Labute approximate surface area is 157 Å². The van der Waals surface area contributed by atoms with Crippen molar-refractivity contribution in [1.82, 2.24) is 15.3 Å². The molecular weight excluding hydrogens is 348 g/mol. The predicted molar refractivity (Wildman–Crippen MR) is 103 cm³/mol. The van der Waals surface area contributed by atoms with E-state index in [1.807, 2.05) is 30.3 Å². The molecule has 1 aromatic heterocycles. The van der Waals surface area contributed by atoms with Gasteiger partial charge in [0.25, 0.3) is 5.91 Å². The highest BCUT2D eigenvalue weighted by molar-refractivity contribution is 6.30. The smallest absolute Gasteiger partial charge is 0.270 e. The largest absolute Gasteiger partial charge is 0.370 e. The van der Waals surface area contributed by atoms with Crippen LogP contribution < -0.4 is 10.6 Å². The molecule has 6 heteroatoms. The lowest BCUT2D eigenvalue weighted by Crippen LogP contribution is -2.24. The molecule has 0 spiro atoms. The Balaban J connectivity index is 1.52. The monoisotopic (exact) mass is 366 g/mol. The average Bonchev–Trinajstić information content (AvgIpc) is 2.68. The van der Waals surface area contributed by atoms with Crippen LogP contribution in [0.2, 0.25) is 5.02 Å². The van der Waals surface area contributed by atoms with Crippen molar-refractivity contribution in [2.24, 2.45) is 0 Å². The number of amides is 1. The van der Waals surface area contributed by atoms with Crippen molar-refractivity contribution < 1.29 is 4.79 Å². The van der Waals surface area contributed by atoms with E-state index in [1.165, 1.54) is 11.9 Å². The third kappa shape index (κ3) is 5.29. The number of nitrogens with zero attached hydrogens (tertiary/aromatic N) is 2. The Kier molecular flexibility index (Phi) is 6.17. The number of hydrogen-bond acceptors (Lipinski definition) is 4. The number of carbonyl (C=O) groups excluding carboxylic acids is 1. The molecule has 3 rings (SSSR count). The Bertz CT molecular complexity index is 853. The first-order valence-electron chi connectivity index (χ1n) is 8.33. The van der Waals surface area contributed by atoms with Gasteiger partial charge in [0.15, 0.2) is 0 Å². The third-order valence-corrected chi connectivity index (χ3v) is 4.08. The van der Waals surface area contributed by atoms with Gasteiger partial charge in [-0.1, -0.05) is 54.1 Å². The van der Waals surface area contributed by atoms with Crippen molar-refractivity contribution in [1.29, 1.82) is 0 Å². The van der Waals surface area contributed by atoms with Gasteiger partial charge in [0.05, 0.1) is 0 Å². The molecule has 5 nitrogen and oxygen atoms in total. The summed E-state index contributed by atoms with van der Waals surface area (Å²) in [5.74, 6) is 0.390. The molecule has 132 valence electrons. The SMILES string of the molecule is O=C(NCc1ccc(Cl)cc1)c1cc(NCCc2ccccc2)ncn1. The maximum Gasteiger partial charge on any atom is 0.270 e. The van der Waals surface area contributed by atoms with Gasteiger partial charge >= 0.3 is 0 Å². The quantitative estimate of drug-likeness (QED) is 0.668. The lowest BCUT2D eigenvalue weighted by atomic mass is 10.1. The maximum absolute atomic E-state index is 12.3. The van der Waals surface area contributed by atoms with E-state index < -0.39 is 0 Å². The zero-order chi connectivity index (χ0) is 18.2. The van der Waals surface area contributed by atoms with Gasteiger partial charge < -0.3 is 10.6 Å². The Morgan fingerprint density at radius 1 is 0.962 bits per heavy atom. The molecule has 26 heavy (non-hydrogen) atoms. The summed E-state index contributed by atoms with van der Waals surface area (Å²) in [5, 5.41) is 6.74. The van der Waals surface area contributed by atoms with Gasteiger partial charge in [-0.05, 0) is 29.7 Å². The number of benzene rings is 2. The summed E-state index contributed by atoms with van der Waals surface area (Å²) < 4.78 is 0. The minimum Gasteiger partial charge on any atom is -0.370 e. The summed E-state index contributed by atoms with van der Waals surface area (Å²) in [6, 6.07) is 19.2. The Morgan fingerprint density at radius 2 is 1.73 bits per heavy atom. The number of carbonyl (C=O) groups is 1. The average molecular weight is 367 g/mol.